The van der Waals surface area contributed by atoms with Crippen molar-refractivity contribution >= 4 is 6.09 Å². The number of benzene rings is 2. The van der Waals surface area contributed by atoms with Crippen LogP contribution < -0.4 is 10.1 Å². The molecule has 1 aliphatic rings. The first kappa shape index (κ1) is 17.1. The van der Waals surface area contributed by atoms with Crippen molar-refractivity contribution in [2.75, 3.05) is 0 Å². The van der Waals surface area contributed by atoms with Crippen molar-refractivity contribution in [3.63, 3.8) is 0 Å². The van der Waals surface area contributed by atoms with Gasteiger partial charge in [0.15, 0.2) is 0 Å². The van der Waals surface area contributed by atoms with Gasteiger partial charge >= 0.3 is 12.5 Å². The molecule has 2 N–H and O–H groups in total. The number of carboxylic acid groups (broad SMARTS) is 1. The summed E-state index contributed by atoms with van der Waals surface area (Å²) in [4.78, 5) is 10.9. The molecule has 25 heavy (non-hydrogen) atoms. The average Bonchev–Trinajstić information content (AvgIpc) is 2.53. The maximum absolute atomic E-state index is 12.2. The van der Waals surface area contributed by atoms with Crippen LogP contribution in [0.4, 0.5) is 18.0 Å². The molecule has 1 atom stereocenters. The number of fused-ring (bicyclic) bond motifs is 1. The van der Waals surface area contributed by atoms with E-state index in [4.69, 9.17) is 5.11 Å². The number of hydrogen-bond acceptors (Lipinski definition) is 2. The van der Waals surface area contributed by atoms with Crippen LogP contribution in [0, 0.1) is 0 Å². The Hall–Kier alpha value is -2.70. The molecule has 0 spiro atoms. The monoisotopic (exact) mass is 351 g/mol. The van der Waals surface area contributed by atoms with Gasteiger partial charge in [-0.3, -0.25) is 0 Å². The second kappa shape index (κ2) is 6.66. The molecular formula is C18H16F3NO3. The fraction of sp³-hybridized carbons (Fsp3) is 0.278. The van der Waals surface area contributed by atoms with Gasteiger partial charge in [0.1, 0.15) is 5.75 Å². The highest BCUT2D eigenvalue weighted by atomic mass is 19.4. The standard InChI is InChI=1S/C18H16F3NO3/c19-18(20,21)25-14-7-4-11(5-8-14)12-6-9-15-13(10-12)2-1-3-16(15)22-17(23)24/h4-10,16,22H,1-3H2,(H,23,24). The number of halogens is 3. The second-order valence-corrected chi connectivity index (χ2v) is 5.88. The number of nitrogens with one attached hydrogen (secondary N) is 1. The Kier molecular flexibility index (Phi) is 4.57. The number of alkyl halides is 3. The highest BCUT2D eigenvalue weighted by molar-refractivity contribution is 5.68. The van der Waals surface area contributed by atoms with Gasteiger partial charge in [0.05, 0.1) is 6.04 Å². The highest BCUT2D eigenvalue weighted by Gasteiger charge is 2.31. The lowest BCUT2D eigenvalue weighted by atomic mass is 9.86. The summed E-state index contributed by atoms with van der Waals surface area (Å²) in [6.45, 7) is 0. The lowest BCUT2D eigenvalue weighted by Crippen LogP contribution is -2.29. The number of amides is 1. The van der Waals surface area contributed by atoms with E-state index in [9.17, 15) is 18.0 Å². The first-order chi connectivity index (χ1) is 11.8. The third-order valence-corrected chi connectivity index (χ3v) is 4.18. The minimum atomic E-state index is -4.71. The number of ether oxygens (including phenoxy) is 1. The summed E-state index contributed by atoms with van der Waals surface area (Å²) in [5.74, 6) is -0.264. The number of aryl methyl sites for hydroxylation is 1. The van der Waals surface area contributed by atoms with Crippen LogP contribution >= 0.6 is 0 Å². The topological polar surface area (TPSA) is 58.6 Å². The molecule has 0 bridgehead atoms. The lowest BCUT2D eigenvalue weighted by molar-refractivity contribution is -0.274. The summed E-state index contributed by atoms with van der Waals surface area (Å²) < 4.78 is 40.5. The molecule has 1 amide bonds. The summed E-state index contributed by atoms with van der Waals surface area (Å²) in [7, 11) is 0. The van der Waals surface area contributed by atoms with E-state index in [0.29, 0.717) is 0 Å². The Morgan fingerprint density at radius 3 is 2.44 bits per heavy atom. The molecule has 1 aliphatic carbocycles. The highest BCUT2D eigenvalue weighted by Crippen LogP contribution is 2.33. The van der Waals surface area contributed by atoms with Crippen LogP contribution in [0.5, 0.6) is 5.75 Å². The molecule has 0 aliphatic heterocycles. The molecule has 0 saturated heterocycles. The molecule has 0 fully saturated rings. The van der Waals surface area contributed by atoms with Crippen molar-refractivity contribution in [3.8, 4) is 16.9 Å². The molecule has 2 aromatic rings. The zero-order valence-electron chi connectivity index (χ0n) is 13.1. The van der Waals surface area contributed by atoms with Crippen molar-refractivity contribution < 1.29 is 27.8 Å². The molecule has 3 rings (SSSR count). The van der Waals surface area contributed by atoms with Crippen molar-refractivity contribution in [1.29, 1.82) is 0 Å². The summed E-state index contributed by atoms with van der Waals surface area (Å²) in [5.41, 5.74) is 3.64. The summed E-state index contributed by atoms with van der Waals surface area (Å²) in [5, 5.41) is 11.4. The quantitative estimate of drug-likeness (QED) is 0.827. The van der Waals surface area contributed by atoms with Gasteiger partial charge in [-0.15, -0.1) is 13.2 Å². The zero-order chi connectivity index (χ0) is 18.0. The van der Waals surface area contributed by atoms with E-state index in [1.165, 1.54) is 12.1 Å². The van der Waals surface area contributed by atoms with E-state index in [0.717, 1.165) is 41.5 Å². The molecule has 4 nitrogen and oxygen atoms in total. The van der Waals surface area contributed by atoms with E-state index in [1.54, 1.807) is 12.1 Å². The Morgan fingerprint density at radius 2 is 1.80 bits per heavy atom. The van der Waals surface area contributed by atoms with Gasteiger partial charge in [0.25, 0.3) is 0 Å². The average molecular weight is 351 g/mol. The Morgan fingerprint density at radius 1 is 1.12 bits per heavy atom. The second-order valence-electron chi connectivity index (χ2n) is 5.88. The third kappa shape index (κ3) is 4.23. The van der Waals surface area contributed by atoms with Crippen LogP contribution in [0.2, 0.25) is 0 Å². The molecule has 1 unspecified atom stereocenters. The van der Waals surface area contributed by atoms with Crippen LogP contribution in [0.3, 0.4) is 0 Å². The number of carbonyl (C=O) groups is 1. The maximum atomic E-state index is 12.2. The van der Waals surface area contributed by atoms with Crippen molar-refractivity contribution in [3.05, 3.63) is 53.6 Å². The van der Waals surface area contributed by atoms with Crippen molar-refractivity contribution in [2.45, 2.75) is 31.7 Å². The predicted molar refractivity (Wildman–Crippen MR) is 85.4 cm³/mol. The van der Waals surface area contributed by atoms with Gasteiger partial charge in [0.2, 0.25) is 0 Å². The minimum absolute atomic E-state index is 0.224. The molecule has 7 heteroatoms. The Bertz CT molecular complexity index is 772. The smallest absolute Gasteiger partial charge is 0.465 e. The fourth-order valence-electron chi connectivity index (χ4n) is 3.14. The van der Waals surface area contributed by atoms with Gasteiger partial charge in [-0.05, 0) is 53.6 Å². The normalized spacial score (nSPS) is 16.8. The van der Waals surface area contributed by atoms with E-state index < -0.39 is 12.5 Å². The zero-order valence-corrected chi connectivity index (χ0v) is 13.1. The minimum Gasteiger partial charge on any atom is -0.465 e. The number of rotatable bonds is 3. The maximum Gasteiger partial charge on any atom is 0.573 e. The van der Waals surface area contributed by atoms with E-state index in [-0.39, 0.29) is 11.8 Å². The summed E-state index contributed by atoms with van der Waals surface area (Å²) in [6, 6.07) is 11.2. The van der Waals surface area contributed by atoms with Crippen LogP contribution in [0.1, 0.15) is 30.0 Å². The lowest BCUT2D eigenvalue weighted by Gasteiger charge is -2.26. The molecule has 0 saturated carbocycles. The first-order valence-electron chi connectivity index (χ1n) is 7.80. The summed E-state index contributed by atoms with van der Waals surface area (Å²) >= 11 is 0. The van der Waals surface area contributed by atoms with Gasteiger partial charge < -0.3 is 15.2 Å². The van der Waals surface area contributed by atoms with E-state index in [2.05, 4.69) is 10.1 Å². The molecule has 0 radical (unpaired) electrons. The number of hydrogen-bond donors (Lipinski definition) is 2. The Balaban J connectivity index is 1.83. The third-order valence-electron chi connectivity index (χ3n) is 4.18. The van der Waals surface area contributed by atoms with Gasteiger partial charge in [0, 0.05) is 0 Å². The summed E-state index contributed by atoms with van der Waals surface area (Å²) in [6.07, 6.45) is -3.29. The van der Waals surface area contributed by atoms with E-state index in [1.807, 2.05) is 18.2 Å². The first-order valence-corrected chi connectivity index (χ1v) is 7.80. The van der Waals surface area contributed by atoms with Crippen LogP contribution in [0.25, 0.3) is 11.1 Å². The van der Waals surface area contributed by atoms with Gasteiger partial charge in [-0.1, -0.05) is 30.3 Å². The van der Waals surface area contributed by atoms with Crippen molar-refractivity contribution in [2.24, 2.45) is 0 Å². The van der Waals surface area contributed by atoms with Crippen LogP contribution in [0.15, 0.2) is 42.5 Å². The SMILES string of the molecule is O=C(O)NC1CCCc2cc(-c3ccc(OC(F)(F)F)cc3)ccc21. The van der Waals surface area contributed by atoms with Crippen LogP contribution in [-0.2, 0) is 6.42 Å². The predicted octanol–water partition coefficient (Wildman–Crippen LogP) is 4.90. The molecular weight excluding hydrogens is 335 g/mol. The molecule has 132 valence electrons. The van der Waals surface area contributed by atoms with E-state index >= 15 is 0 Å². The van der Waals surface area contributed by atoms with Crippen LogP contribution in [-0.4, -0.2) is 17.6 Å². The molecule has 0 heterocycles. The molecule has 2 aromatic carbocycles. The molecule has 0 aromatic heterocycles. The van der Waals surface area contributed by atoms with Gasteiger partial charge in [-0.2, -0.15) is 0 Å². The van der Waals surface area contributed by atoms with Gasteiger partial charge in [-0.25, -0.2) is 4.79 Å². The fourth-order valence-corrected chi connectivity index (χ4v) is 3.14. The largest absolute Gasteiger partial charge is 0.573 e. The Labute approximate surface area is 142 Å². The van der Waals surface area contributed by atoms with Crippen molar-refractivity contribution in [1.82, 2.24) is 5.32 Å².